The van der Waals surface area contributed by atoms with Crippen molar-refractivity contribution in [2.75, 3.05) is 0 Å². The van der Waals surface area contributed by atoms with E-state index in [1.165, 1.54) is 0 Å². The van der Waals surface area contributed by atoms with E-state index in [2.05, 4.69) is 23.6 Å². The molecule has 3 heteroatoms. The van der Waals surface area contributed by atoms with Gasteiger partial charge < -0.3 is 8.83 Å². The van der Waals surface area contributed by atoms with Gasteiger partial charge in [-0.05, 0) is 35.7 Å². The van der Waals surface area contributed by atoms with Gasteiger partial charge in [0.2, 0.25) is 0 Å². The number of hydrogen-bond acceptors (Lipinski definition) is 3. The van der Waals surface area contributed by atoms with Crippen LogP contribution in [0.2, 0.25) is 0 Å². The van der Waals surface area contributed by atoms with Crippen molar-refractivity contribution in [1.82, 2.24) is 0 Å². The van der Waals surface area contributed by atoms with Gasteiger partial charge in [0.25, 0.3) is 0 Å². The molecule has 0 aliphatic rings. The molecule has 0 amide bonds. The molecule has 3 heterocycles. The van der Waals surface area contributed by atoms with Crippen LogP contribution in [0.3, 0.4) is 0 Å². The fraction of sp³-hybridized carbons (Fsp3) is 0. The number of rotatable bonds is 2. The maximum atomic E-state index is 5.92. The smallest absolute Gasteiger partial charge is 0.146 e. The van der Waals surface area contributed by atoms with Crippen molar-refractivity contribution in [2.45, 2.75) is 0 Å². The third-order valence-corrected chi connectivity index (χ3v) is 4.03. The first-order valence-electron chi connectivity index (χ1n) is 6.02. The summed E-state index contributed by atoms with van der Waals surface area (Å²) < 4.78 is 11.4. The molecule has 4 aromatic rings. The van der Waals surface area contributed by atoms with E-state index in [0.717, 1.165) is 32.9 Å². The summed E-state index contributed by atoms with van der Waals surface area (Å²) in [6.45, 7) is 0. The summed E-state index contributed by atoms with van der Waals surface area (Å²) in [5.41, 5.74) is 1.99. The Balaban J connectivity index is 1.91. The van der Waals surface area contributed by atoms with Crippen LogP contribution < -0.4 is 0 Å². The summed E-state index contributed by atoms with van der Waals surface area (Å²) in [5.74, 6) is 1.76. The lowest BCUT2D eigenvalue weighted by Gasteiger charge is -1.96. The van der Waals surface area contributed by atoms with Crippen LogP contribution in [0.25, 0.3) is 32.9 Å². The van der Waals surface area contributed by atoms with Crippen molar-refractivity contribution >= 4 is 22.3 Å². The molecule has 0 radical (unpaired) electrons. The van der Waals surface area contributed by atoms with Gasteiger partial charge in [-0.25, -0.2) is 0 Å². The van der Waals surface area contributed by atoms with Crippen molar-refractivity contribution in [1.29, 1.82) is 0 Å². The Morgan fingerprint density at radius 3 is 2.68 bits per heavy atom. The van der Waals surface area contributed by atoms with Crippen molar-refractivity contribution in [3.05, 3.63) is 60.2 Å². The van der Waals surface area contributed by atoms with Crippen LogP contribution in [0, 0.1) is 0 Å². The monoisotopic (exact) mass is 266 g/mol. The first-order chi connectivity index (χ1) is 9.42. The fourth-order valence-electron chi connectivity index (χ4n) is 2.22. The third-order valence-electron chi connectivity index (χ3n) is 3.10. The van der Waals surface area contributed by atoms with E-state index in [9.17, 15) is 0 Å². The molecule has 1 aromatic carbocycles. The number of hydrogen-bond donors (Lipinski definition) is 0. The van der Waals surface area contributed by atoms with Crippen LogP contribution in [0.5, 0.6) is 0 Å². The van der Waals surface area contributed by atoms with Crippen molar-refractivity contribution < 1.29 is 8.83 Å². The molecule has 0 fully saturated rings. The lowest BCUT2D eigenvalue weighted by Crippen LogP contribution is -1.72. The minimum atomic E-state index is 0.872. The van der Waals surface area contributed by atoms with Gasteiger partial charge in [0.05, 0.1) is 11.1 Å². The summed E-state index contributed by atoms with van der Waals surface area (Å²) in [4.78, 5) is 1.10. The molecule has 0 spiro atoms. The SMILES string of the molecule is c1coc(-c2ccsc2-c2cc3ccccc3o2)c1. The number of benzene rings is 1. The highest BCUT2D eigenvalue weighted by Crippen LogP contribution is 2.39. The van der Waals surface area contributed by atoms with E-state index in [0.29, 0.717) is 0 Å². The van der Waals surface area contributed by atoms with Crippen LogP contribution in [-0.4, -0.2) is 0 Å². The van der Waals surface area contributed by atoms with Gasteiger partial charge in [0.1, 0.15) is 17.1 Å². The first-order valence-corrected chi connectivity index (χ1v) is 6.90. The highest BCUT2D eigenvalue weighted by atomic mass is 32.1. The van der Waals surface area contributed by atoms with Crippen LogP contribution >= 0.6 is 11.3 Å². The average Bonchev–Trinajstić information content (AvgIpc) is 3.17. The lowest BCUT2D eigenvalue weighted by molar-refractivity contribution is 0.582. The van der Waals surface area contributed by atoms with Gasteiger partial charge in [-0.1, -0.05) is 18.2 Å². The second kappa shape index (κ2) is 4.14. The molecule has 0 aliphatic heterocycles. The van der Waals surface area contributed by atoms with E-state index in [1.54, 1.807) is 17.6 Å². The zero-order chi connectivity index (χ0) is 12.7. The summed E-state index contributed by atoms with van der Waals surface area (Å²) in [6, 6.07) is 16.0. The standard InChI is InChI=1S/C16H10O2S/c1-2-5-13-11(4-1)10-15(18-13)16-12(7-9-19-16)14-6-3-8-17-14/h1-10H. The Morgan fingerprint density at radius 2 is 1.84 bits per heavy atom. The van der Waals surface area contributed by atoms with Gasteiger partial charge in [-0.2, -0.15) is 0 Å². The van der Waals surface area contributed by atoms with E-state index in [-0.39, 0.29) is 0 Å². The predicted molar refractivity (Wildman–Crippen MR) is 77.2 cm³/mol. The molecule has 4 rings (SSSR count). The molecule has 3 aromatic heterocycles. The minimum absolute atomic E-state index is 0.872. The second-order valence-corrected chi connectivity index (χ2v) is 5.21. The molecule has 0 saturated carbocycles. The second-order valence-electron chi connectivity index (χ2n) is 4.29. The van der Waals surface area contributed by atoms with Crippen LogP contribution in [0.15, 0.2) is 69.0 Å². The topological polar surface area (TPSA) is 26.3 Å². The van der Waals surface area contributed by atoms with E-state index < -0.39 is 0 Å². The van der Waals surface area contributed by atoms with Crippen molar-refractivity contribution in [2.24, 2.45) is 0 Å². The maximum Gasteiger partial charge on any atom is 0.146 e. The maximum absolute atomic E-state index is 5.92. The van der Waals surface area contributed by atoms with Crippen LogP contribution in [0.1, 0.15) is 0 Å². The minimum Gasteiger partial charge on any atom is -0.464 e. The zero-order valence-electron chi connectivity index (χ0n) is 10.00. The fourth-order valence-corrected chi connectivity index (χ4v) is 3.07. The van der Waals surface area contributed by atoms with Crippen LogP contribution in [0.4, 0.5) is 0 Å². The largest absolute Gasteiger partial charge is 0.464 e. The van der Waals surface area contributed by atoms with Gasteiger partial charge in [0.15, 0.2) is 0 Å². The third kappa shape index (κ3) is 1.71. The van der Waals surface area contributed by atoms with E-state index in [1.807, 2.05) is 30.3 Å². The number of furan rings is 2. The zero-order valence-corrected chi connectivity index (χ0v) is 10.8. The number of fused-ring (bicyclic) bond motifs is 1. The predicted octanol–water partition coefficient (Wildman–Crippen LogP) is 5.42. The Bertz CT molecular complexity index is 788. The van der Waals surface area contributed by atoms with Gasteiger partial charge in [0, 0.05) is 10.9 Å². The Labute approximate surface area is 113 Å². The first kappa shape index (κ1) is 10.6. The van der Waals surface area contributed by atoms with Gasteiger partial charge >= 0.3 is 0 Å². The van der Waals surface area contributed by atoms with E-state index >= 15 is 0 Å². The molecule has 19 heavy (non-hydrogen) atoms. The van der Waals surface area contributed by atoms with Crippen molar-refractivity contribution in [3.63, 3.8) is 0 Å². The molecular formula is C16H10O2S. The van der Waals surface area contributed by atoms with Crippen molar-refractivity contribution in [3.8, 4) is 22.0 Å². The van der Waals surface area contributed by atoms with Gasteiger partial charge in [-0.3, -0.25) is 0 Å². The molecule has 0 saturated heterocycles. The van der Waals surface area contributed by atoms with E-state index in [4.69, 9.17) is 8.83 Å². The molecule has 2 nitrogen and oxygen atoms in total. The molecule has 92 valence electrons. The quantitative estimate of drug-likeness (QED) is 0.484. The van der Waals surface area contributed by atoms with Gasteiger partial charge in [-0.15, -0.1) is 11.3 Å². The molecule has 0 atom stereocenters. The molecule has 0 unspecified atom stereocenters. The average molecular weight is 266 g/mol. The molecule has 0 bridgehead atoms. The summed E-state index contributed by atoms with van der Waals surface area (Å²) in [7, 11) is 0. The molecule has 0 N–H and O–H groups in total. The highest BCUT2D eigenvalue weighted by molar-refractivity contribution is 7.14. The lowest BCUT2D eigenvalue weighted by atomic mass is 10.1. The summed E-state index contributed by atoms with van der Waals surface area (Å²) in [6.07, 6.45) is 1.69. The normalized spacial score (nSPS) is 11.2. The summed E-state index contributed by atoms with van der Waals surface area (Å²) in [5, 5.41) is 3.18. The number of para-hydroxylation sites is 1. The number of thiophene rings is 1. The molecule has 0 aliphatic carbocycles. The highest BCUT2D eigenvalue weighted by Gasteiger charge is 2.14. The Hall–Kier alpha value is -2.26. The molecular weight excluding hydrogens is 256 g/mol. The Kier molecular flexibility index (Phi) is 2.32. The summed E-state index contributed by atoms with van der Waals surface area (Å²) >= 11 is 1.66. The Morgan fingerprint density at radius 1 is 0.895 bits per heavy atom. The van der Waals surface area contributed by atoms with Crippen LogP contribution in [-0.2, 0) is 0 Å².